The van der Waals surface area contributed by atoms with Crippen molar-refractivity contribution in [1.29, 1.82) is 0 Å². The fourth-order valence-electron chi connectivity index (χ4n) is 2.05. The number of hydrogen-bond acceptors (Lipinski definition) is 3. The van der Waals surface area contributed by atoms with Crippen LogP contribution in [0.3, 0.4) is 0 Å². The van der Waals surface area contributed by atoms with Crippen LogP contribution in [-0.4, -0.2) is 34.3 Å². The van der Waals surface area contributed by atoms with Crippen LogP contribution in [0.2, 0.25) is 0 Å². The smallest absolute Gasteiger partial charge is 0.124 e. The zero-order chi connectivity index (χ0) is 10.1. The number of likely N-dealkylation sites (tertiary alicyclic amines) is 1. The van der Waals surface area contributed by atoms with E-state index >= 15 is 0 Å². The van der Waals surface area contributed by atoms with Crippen LogP contribution in [0, 0.1) is 6.92 Å². The topological polar surface area (TPSA) is 47.1 Å². The number of nitrogen functional groups attached to an aromatic ring is 1. The highest BCUT2D eigenvalue weighted by Crippen LogP contribution is 2.24. The molecule has 2 rings (SSSR count). The lowest BCUT2D eigenvalue weighted by Gasteiger charge is -2.14. The van der Waals surface area contributed by atoms with Crippen molar-refractivity contribution in [3.8, 4) is 0 Å². The third-order valence-electron chi connectivity index (χ3n) is 3.07. The van der Waals surface area contributed by atoms with Crippen LogP contribution in [0.5, 0.6) is 0 Å². The number of nitrogens with zero attached hydrogens (tertiary/aromatic N) is 3. The summed E-state index contributed by atoms with van der Waals surface area (Å²) in [5.74, 6) is 0.827. The minimum absolute atomic E-state index is 0.476. The van der Waals surface area contributed by atoms with Gasteiger partial charge in [0.05, 0.1) is 12.2 Å². The molecule has 14 heavy (non-hydrogen) atoms. The van der Waals surface area contributed by atoms with Crippen molar-refractivity contribution in [3.05, 3.63) is 11.8 Å². The number of rotatable bonds is 2. The molecule has 1 atom stereocenters. The van der Waals surface area contributed by atoms with Gasteiger partial charge in [0.25, 0.3) is 0 Å². The van der Waals surface area contributed by atoms with Gasteiger partial charge in [0.2, 0.25) is 0 Å². The Morgan fingerprint density at radius 3 is 2.93 bits per heavy atom. The molecule has 1 aliphatic heterocycles. The zero-order valence-electron chi connectivity index (χ0n) is 8.90. The average Bonchev–Trinajstić information content (AvgIpc) is 2.75. The largest absolute Gasteiger partial charge is 0.384 e. The standard InChI is InChI=1S/C10H18N4/c1-3-13-5-4-9(7-13)14-10(11)8(2)6-12-14/h6,9H,3-5,7,11H2,1-2H3. The molecule has 4 nitrogen and oxygen atoms in total. The van der Waals surface area contributed by atoms with Gasteiger partial charge in [-0.3, -0.25) is 0 Å². The lowest BCUT2D eigenvalue weighted by Crippen LogP contribution is -2.22. The Morgan fingerprint density at radius 2 is 2.43 bits per heavy atom. The second-order valence-corrected chi connectivity index (χ2v) is 3.99. The second kappa shape index (κ2) is 3.61. The maximum Gasteiger partial charge on any atom is 0.124 e. The fourth-order valence-corrected chi connectivity index (χ4v) is 2.05. The van der Waals surface area contributed by atoms with Crippen LogP contribution in [0.1, 0.15) is 24.9 Å². The molecule has 1 aromatic heterocycles. The molecule has 0 aromatic carbocycles. The van der Waals surface area contributed by atoms with Gasteiger partial charge in [-0.05, 0) is 19.9 Å². The number of anilines is 1. The Kier molecular flexibility index (Phi) is 2.46. The van der Waals surface area contributed by atoms with Crippen molar-refractivity contribution in [2.75, 3.05) is 25.4 Å². The zero-order valence-corrected chi connectivity index (χ0v) is 8.90. The van der Waals surface area contributed by atoms with E-state index < -0.39 is 0 Å². The highest BCUT2D eigenvalue weighted by atomic mass is 15.4. The van der Waals surface area contributed by atoms with Gasteiger partial charge in [0.15, 0.2) is 0 Å². The first-order valence-corrected chi connectivity index (χ1v) is 5.24. The molecule has 4 heteroatoms. The van der Waals surface area contributed by atoms with E-state index in [9.17, 15) is 0 Å². The summed E-state index contributed by atoms with van der Waals surface area (Å²) in [5.41, 5.74) is 7.03. The molecular formula is C10H18N4. The molecule has 0 radical (unpaired) electrons. The lowest BCUT2D eigenvalue weighted by atomic mass is 10.2. The third kappa shape index (κ3) is 1.50. The van der Waals surface area contributed by atoms with Crippen molar-refractivity contribution in [2.45, 2.75) is 26.3 Å². The lowest BCUT2D eigenvalue weighted by molar-refractivity contribution is 0.336. The quantitative estimate of drug-likeness (QED) is 0.765. The summed E-state index contributed by atoms with van der Waals surface area (Å²) in [6.45, 7) is 7.57. The molecule has 0 saturated carbocycles. The van der Waals surface area contributed by atoms with E-state index in [0.29, 0.717) is 6.04 Å². The van der Waals surface area contributed by atoms with Crippen molar-refractivity contribution in [3.63, 3.8) is 0 Å². The highest BCUT2D eigenvalue weighted by Gasteiger charge is 2.24. The number of hydrogen-bond donors (Lipinski definition) is 1. The number of aryl methyl sites for hydroxylation is 1. The predicted molar refractivity (Wildman–Crippen MR) is 57.1 cm³/mol. The first kappa shape index (κ1) is 9.52. The molecule has 0 aliphatic carbocycles. The van der Waals surface area contributed by atoms with Crippen molar-refractivity contribution >= 4 is 5.82 Å². The van der Waals surface area contributed by atoms with Gasteiger partial charge in [0, 0.05) is 18.7 Å². The predicted octanol–water partition coefficient (Wildman–Crippen LogP) is 1.04. The Labute approximate surface area is 84.7 Å². The molecule has 2 heterocycles. The van der Waals surface area contributed by atoms with E-state index in [0.717, 1.165) is 24.5 Å². The van der Waals surface area contributed by atoms with E-state index in [1.807, 2.05) is 17.8 Å². The first-order chi connectivity index (χ1) is 6.72. The van der Waals surface area contributed by atoms with Gasteiger partial charge in [-0.25, -0.2) is 4.68 Å². The van der Waals surface area contributed by atoms with Gasteiger partial charge in [0.1, 0.15) is 5.82 Å². The van der Waals surface area contributed by atoms with E-state index in [1.54, 1.807) is 0 Å². The summed E-state index contributed by atoms with van der Waals surface area (Å²) < 4.78 is 1.98. The number of likely N-dealkylation sites (N-methyl/N-ethyl adjacent to an activating group) is 1. The highest BCUT2D eigenvalue weighted by molar-refractivity contribution is 5.37. The summed E-state index contributed by atoms with van der Waals surface area (Å²) in [4.78, 5) is 2.43. The van der Waals surface area contributed by atoms with Gasteiger partial charge >= 0.3 is 0 Å². The molecule has 1 aromatic rings. The maximum atomic E-state index is 5.95. The van der Waals surface area contributed by atoms with Gasteiger partial charge in [-0.15, -0.1) is 0 Å². The third-order valence-corrected chi connectivity index (χ3v) is 3.07. The van der Waals surface area contributed by atoms with Crippen molar-refractivity contribution < 1.29 is 0 Å². The van der Waals surface area contributed by atoms with Crippen LogP contribution in [0.25, 0.3) is 0 Å². The minimum atomic E-state index is 0.476. The number of nitrogens with two attached hydrogens (primary N) is 1. The van der Waals surface area contributed by atoms with Crippen LogP contribution in [0.15, 0.2) is 6.20 Å². The van der Waals surface area contributed by atoms with Crippen molar-refractivity contribution in [2.24, 2.45) is 0 Å². The summed E-state index contributed by atoms with van der Waals surface area (Å²) in [6, 6.07) is 0.476. The van der Waals surface area contributed by atoms with Gasteiger partial charge in [-0.1, -0.05) is 6.92 Å². The molecule has 0 spiro atoms. The second-order valence-electron chi connectivity index (χ2n) is 3.99. The number of aromatic nitrogens is 2. The summed E-state index contributed by atoms with van der Waals surface area (Å²) in [5, 5.41) is 4.33. The van der Waals surface area contributed by atoms with E-state index in [4.69, 9.17) is 5.73 Å². The Morgan fingerprint density at radius 1 is 1.64 bits per heavy atom. The molecule has 1 saturated heterocycles. The molecule has 1 fully saturated rings. The summed E-state index contributed by atoms with van der Waals surface area (Å²) in [6.07, 6.45) is 3.02. The molecule has 1 unspecified atom stereocenters. The average molecular weight is 194 g/mol. The normalized spacial score (nSPS) is 23.1. The molecule has 0 bridgehead atoms. The monoisotopic (exact) mass is 194 g/mol. The molecular weight excluding hydrogens is 176 g/mol. The van der Waals surface area contributed by atoms with Crippen LogP contribution >= 0.6 is 0 Å². The van der Waals surface area contributed by atoms with Gasteiger partial charge < -0.3 is 10.6 Å². The van der Waals surface area contributed by atoms with E-state index in [2.05, 4.69) is 16.9 Å². The molecule has 1 aliphatic rings. The fraction of sp³-hybridized carbons (Fsp3) is 0.700. The van der Waals surface area contributed by atoms with E-state index in [1.165, 1.54) is 13.0 Å². The molecule has 0 amide bonds. The summed E-state index contributed by atoms with van der Waals surface area (Å²) >= 11 is 0. The minimum Gasteiger partial charge on any atom is -0.384 e. The van der Waals surface area contributed by atoms with E-state index in [-0.39, 0.29) is 0 Å². The Balaban J connectivity index is 2.13. The van der Waals surface area contributed by atoms with Crippen LogP contribution < -0.4 is 5.73 Å². The Bertz CT molecular complexity index is 318. The first-order valence-electron chi connectivity index (χ1n) is 5.24. The Hall–Kier alpha value is -1.03. The summed E-state index contributed by atoms with van der Waals surface area (Å²) in [7, 11) is 0. The van der Waals surface area contributed by atoms with Crippen molar-refractivity contribution in [1.82, 2.24) is 14.7 Å². The van der Waals surface area contributed by atoms with Crippen LogP contribution in [-0.2, 0) is 0 Å². The SMILES string of the molecule is CCN1CCC(n2ncc(C)c2N)C1. The maximum absolute atomic E-state index is 5.95. The molecule has 2 N–H and O–H groups in total. The van der Waals surface area contributed by atoms with Gasteiger partial charge in [-0.2, -0.15) is 5.10 Å². The molecule has 78 valence electrons. The van der Waals surface area contributed by atoms with Crippen LogP contribution in [0.4, 0.5) is 5.82 Å².